The Balaban J connectivity index is 2.17. The quantitative estimate of drug-likeness (QED) is 0.607. The highest BCUT2D eigenvalue weighted by atomic mass is 19.4. The Hall–Kier alpha value is -2.89. The van der Waals surface area contributed by atoms with Crippen molar-refractivity contribution in [2.24, 2.45) is 0 Å². The molecule has 3 rings (SSSR count). The zero-order valence-corrected chi connectivity index (χ0v) is 15.1. The molecule has 140 valence electrons. The Morgan fingerprint density at radius 2 is 1.52 bits per heavy atom. The molecular formula is C21H18F3NO2. The van der Waals surface area contributed by atoms with Gasteiger partial charge >= 0.3 is 12.1 Å². The fraction of sp³-hybridized carbons (Fsp3) is 0.238. The van der Waals surface area contributed by atoms with Crippen molar-refractivity contribution in [3.63, 3.8) is 0 Å². The second-order valence-corrected chi connectivity index (χ2v) is 7.42. The van der Waals surface area contributed by atoms with Crippen molar-refractivity contribution in [3.8, 4) is 11.3 Å². The van der Waals surface area contributed by atoms with Crippen molar-refractivity contribution in [1.29, 1.82) is 0 Å². The van der Waals surface area contributed by atoms with E-state index in [1.165, 1.54) is 12.1 Å². The fourth-order valence-corrected chi connectivity index (χ4v) is 2.87. The maximum Gasteiger partial charge on any atom is 0.416 e. The number of halogens is 3. The van der Waals surface area contributed by atoms with Crippen molar-refractivity contribution in [1.82, 2.24) is 4.98 Å². The van der Waals surface area contributed by atoms with E-state index in [0.717, 1.165) is 17.7 Å². The van der Waals surface area contributed by atoms with Crippen LogP contribution in [0.1, 0.15) is 42.3 Å². The first kappa shape index (κ1) is 18.9. The summed E-state index contributed by atoms with van der Waals surface area (Å²) in [6, 6.07) is 11.8. The number of fused-ring (bicyclic) bond motifs is 1. The molecule has 0 unspecified atom stereocenters. The lowest BCUT2D eigenvalue weighted by atomic mass is 9.86. The van der Waals surface area contributed by atoms with Gasteiger partial charge in [-0.1, -0.05) is 45.0 Å². The van der Waals surface area contributed by atoms with Crippen LogP contribution in [0.5, 0.6) is 0 Å². The third-order valence-corrected chi connectivity index (χ3v) is 4.41. The highest BCUT2D eigenvalue weighted by Gasteiger charge is 2.31. The molecule has 0 saturated heterocycles. The summed E-state index contributed by atoms with van der Waals surface area (Å²) in [4.78, 5) is 16.0. The van der Waals surface area contributed by atoms with Gasteiger partial charge in [0.05, 0.1) is 22.3 Å². The van der Waals surface area contributed by atoms with Gasteiger partial charge in [-0.05, 0) is 35.2 Å². The highest BCUT2D eigenvalue weighted by Crippen LogP contribution is 2.33. The van der Waals surface area contributed by atoms with Gasteiger partial charge in [-0.2, -0.15) is 13.2 Å². The molecule has 0 radical (unpaired) electrons. The van der Waals surface area contributed by atoms with Crippen LogP contribution < -0.4 is 0 Å². The zero-order chi connectivity index (χ0) is 20.0. The maximum atomic E-state index is 13.0. The van der Waals surface area contributed by atoms with Gasteiger partial charge in [0.25, 0.3) is 0 Å². The van der Waals surface area contributed by atoms with Crippen molar-refractivity contribution >= 4 is 16.9 Å². The van der Waals surface area contributed by atoms with Crippen molar-refractivity contribution in [3.05, 3.63) is 65.2 Å². The predicted octanol–water partition coefficient (Wildman–Crippen LogP) is 5.92. The monoisotopic (exact) mass is 373 g/mol. The van der Waals surface area contributed by atoms with E-state index >= 15 is 0 Å². The third-order valence-electron chi connectivity index (χ3n) is 4.41. The Morgan fingerprint density at radius 3 is 2.04 bits per heavy atom. The van der Waals surface area contributed by atoms with Crippen molar-refractivity contribution in [2.75, 3.05) is 0 Å². The van der Waals surface area contributed by atoms with E-state index < -0.39 is 17.7 Å². The summed E-state index contributed by atoms with van der Waals surface area (Å²) in [6.45, 7) is 6.24. The van der Waals surface area contributed by atoms with Crippen LogP contribution in [-0.2, 0) is 11.6 Å². The van der Waals surface area contributed by atoms with E-state index in [1.807, 2.05) is 24.3 Å². The number of carbonyl (C=O) groups is 1. The second kappa shape index (κ2) is 6.37. The van der Waals surface area contributed by atoms with Crippen LogP contribution in [0.4, 0.5) is 13.2 Å². The van der Waals surface area contributed by atoms with Crippen LogP contribution in [0.3, 0.4) is 0 Å². The van der Waals surface area contributed by atoms with Crippen LogP contribution in [0.25, 0.3) is 22.2 Å². The average Bonchev–Trinajstić information content (AvgIpc) is 2.58. The highest BCUT2D eigenvalue weighted by molar-refractivity contribution is 6.04. The molecule has 0 atom stereocenters. The summed E-state index contributed by atoms with van der Waals surface area (Å²) < 4.78 is 38.9. The zero-order valence-electron chi connectivity index (χ0n) is 15.1. The third kappa shape index (κ3) is 3.79. The van der Waals surface area contributed by atoms with Gasteiger partial charge in [-0.15, -0.1) is 0 Å². The van der Waals surface area contributed by atoms with E-state index in [1.54, 1.807) is 0 Å². The Bertz CT molecular complexity index is 1020. The van der Waals surface area contributed by atoms with Crippen molar-refractivity contribution < 1.29 is 23.1 Å². The normalized spacial score (nSPS) is 12.4. The van der Waals surface area contributed by atoms with Gasteiger partial charge in [-0.25, -0.2) is 9.78 Å². The molecule has 1 heterocycles. The van der Waals surface area contributed by atoms with Crippen LogP contribution in [0.15, 0.2) is 48.5 Å². The molecule has 6 heteroatoms. The van der Waals surface area contributed by atoms with Gasteiger partial charge in [0.1, 0.15) is 0 Å². The summed E-state index contributed by atoms with van der Waals surface area (Å²) in [6.07, 6.45) is -4.55. The molecule has 1 aromatic heterocycles. The topological polar surface area (TPSA) is 50.2 Å². The summed E-state index contributed by atoms with van der Waals surface area (Å²) in [7, 11) is 0. The summed E-state index contributed by atoms with van der Waals surface area (Å²) >= 11 is 0. The minimum Gasteiger partial charge on any atom is -0.478 e. The van der Waals surface area contributed by atoms with Gasteiger partial charge in [0.15, 0.2) is 0 Å². The maximum absolute atomic E-state index is 13.0. The number of rotatable bonds is 2. The minimum atomic E-state index is -4.55. The fourth-order valence-electron chi connectivity index (χ4n) is 2.87. The van der Waals surface area contributed by atoms with Crippen LogP contribution in [0.2, 0.25) is 0 Å². The second-order valence-electron chi connectivity index (χ2n) is 7.42. The first-order valence-electron chi connectivity index (χ1n) is 8.33. The number of hydrogen-bond acceptors (Lipinski definition) is 2. The summed E-state index contributed by atoms with van der Waals surface area (Å²) in [5.41, 5.74) is 1.28. The molecule has 0 saturated carbocycles. The molecule has 0 fully saturated rings. The first-order valence-corrected chi connectivity index (χ1v) is 8.33. The Kier molecular flexibility index (Phi) is 4.46. The number of carboxylic acids is 1. The van der Waals surface area contributed by atoms with E-state index in [2.05, 4.69) is 25.8 Å². The van der Waals surface area contributed by atoms with Crippen molar-refractivity contribution in [2.45, 2.75) is 32.4 Å². The molecule has 0 amide bonds. The van der Waals surface area contributed by atoms with Crippen LogP contribution in [0, 0.1) is 0 Å². The van der Waals surface area contributed by atoms with E-state index in [-0.39, 0.29) is 21.9 Å². The van der Waals surface area contributed by atoms with Gasteiger partial charge in [0.2, 0.25) is 0 Å². The largest absolute Gasteiger partial charge is 0.478 e. The van der Waals surface area contributed by atoms with Crippen LogP contribution >= 0.6 is 0 Å². The number of aromatic nitrogens is 1. The molecule has 0 aliphatic carbocycles. The van der Waals surface area contributed by atoms with Crippen LogP contribution in [-0.4, -0.2) is 16.1 Å². The predicted molar refractivity (Wildman–Crippen MR) is 97.8 cm³/mol. The summed E-state index contributed by atoms with van der Waals surface area (Å²) in [5.74, 6) is -1.30. The number of benzene rings is 2. The number of aromatic carboxylic acids is 1. The molecular weight excluding hydrogens is 355 g/mol. The molecule has 1 N–H and O–H groups in total. The lowest BCUT2D eigenvalue weighted by Crippen LogP contribution is -2.10. The lowest BCUT2D eigenvalue weighted by Gasteiger charge is -2.19. The first-order chi connectivity index (χ1) is 12.5. The molecule has 0 aliphatic rings. The Morgan fingerprint density at radius 1 is 0.926 bits per heavy atom. The number of nitrogens with zero attached hydrogens (tertiary/aromatic N) is 1. The number of hydrogen-bond donors (Lipinski definition) is 1. The van der Waals surface area contributed by atoms with E-state index in [4.69, 9.17) is 0 Å². The molecule has 27 heavy (non-hydrogen) atoms. The number of pyridine rings is 1. The molecule has 2 aromatic carbocycles. The van der Waals surface area contributed by atoms with Gasteiger partial charge in [0, 0.05) is 10.9 Å². The standard InChI is InChI=1S/C21H18F3NO2/c1-20(2,3)13-6-4-12(5-7-13)18-11-16(19(26)27)15-10-14(21(22,23)24)8-9-17(15)25-18/h4-11H,1-3H3,(H,26,27). The molecule has 0 aliphatic heterocycles. The smallest absolute Gasteiger partial charge is 0.416 e. The molecule has 0 bridgehead atoms. The molecule has 3 nitrogen and oxygen atoms in total. The van der Waals surface area contributed by atoms with E-state index in [9.17, 15) is 23.1 Å². The Labute approximate surface area is 154 Å². The lowest BCUT2D eigenvalue weighted by molar-refractivity contribution is -0.137. The molecule has 0 spiro atoms. The average molecular weight is 373 g/mol. The SMILES string of the molecule is CC(C)(C)c1ccc(-c2cc(C(=O)O)c3cc(C(F)(F)F)ccc3n2)cc1. The minimum absolute atomic E-state index is 0.0322. The number of alkyl halides is 3. The summed E-state index contributed by atoms with van der Waals surface area (Å²) in [5, 5.41) is 9.45. The van der Waals surface area contributed by atoms with Gasteiger partial charge < -0.3 is 5.11 Å². The number of carboxylic acid groups (broad SMARTS) is 1. The van der Waals surface area contributed by atoms with Gasteiger partial charge in [-0.3, -0.25) is 0 Å². The molecule has 3 aromatic rings. The van der Waals surface area contributed by atoms with E-state index in [0.29, 0.717) is 11.3 Å².